The molecule has 92 valence electrons. The van der Waals surface area contributed by atoms with Crippen molar-refractivity contribution in [1.29, 1.82) is 5.26 Å². The molecule has 0 aromatic heterocycles. The number of hydrogen-bond acceptors (Lipinski definition) is 5. The van der Waals surface area contributed by atoms with Crippen LogP contribution in [0.4, 0.5) is 0 Å². The quantitative estimate of drug-likeness (QED) is 0.602. The highest BCUT2D eigenvalue weighted by atomic mass is 31.2. The lowest BCUT2D eigenvalue weighted by molar-refractivity contribution is -0.138. The molecule has 0 aliphatic carbocycles. The molecule has 16 heavy (non-hydrogen) atoms. The maximum atomic E-state index is 11.4. The van der Waals surface area contributed by atoms with Crippen molar-refractivity contribution < 1.29 is 23.9 Å². The molecule has 1 unspecified atom stereocenters. The van der Waals surface area contributed by atoms with Crippen LogP contribution >= 0.6 is 7.60 Å². The summed E-state index contributed by atoms with van der Waals surface area (Å²) in [4.78, 5) is 21.0. The molecule has 0 bridgehead atoms. The van der Waals surface area contributed by atoms with Gasteiger partial charge in [-0.15, -0.1) is 0 Å². The van der Waals surface area contributed by atoms with Gasteiger partial charge in [-0.05, 0) is 6.92 Å². The zero-order chi connectivity index (χ0) is 12.6. The van der Waals surface area contributed by atoms with Crippen molar-refractivity contribution in [3.05, 3.63) is 0 Å². The first-order valence-electron chi connectivity index (χ1n) is 4.68. The molecule has 0 spiro atoms. The van der Waals surface area contributed by atoms with Gasteiger partial charge in [-0.1, -0.05) is 0 Å². The lowest BCUT2D eigenvalue weighted by atomic mass is 10.4. The van der Waals surface area contributed by atoms with Crippen LogP contribution in [0.2, 0.25) is 0 Å². The van der Waals surface area contributed by atoms with Crippen molar-refractivity contribution in [3.8, 4) is 6.07 Å². The van der Waals surface area contributed by atoms with Crippen LogP contribution in [0.15, 0.2) is 0 Å². The van der Waals surface area contributed by atoms with E-state index in [1.165, 1.54) is 4.90 Å². The second-order valence-electron chi connectivity index (χ2n) is 3.05. The Kier molecular flexibility index (Phi) is 6.93. The van der Waals surface area contributed by atoms with Crippen LogP contribution in [-0.4, -0.2) is 46.9 Å². The van der Waals surface area contributed by atoms with E-state index < -0.39 is 13.6 Å². The van der Waals surface area contributed by atoms with Crippen molar-refractivity contribution in [3.63, 3.8) is 0 Å². The Morgan fingerprint density at radius 2 is 2.25 bits per heavy atom. The normalized spacial score (nSPS) is 14.4. The second-order valence-corrected chi connectivity index (χ2v) is 4.87. The number of hydrogen-bond donors (Lipinski definition) is 2. The van der Waals surface area contributed by atoms with E-state index in [1.807, 2.05) is 6.07 Å². The SMILES string of the molecule is CCOP(=O)(O)CN(CCC#N)CC(=O)O. The molecule has 0 saturated carbocycles. The first-order chi connectivity index (χ1) is 7.41. The molecule has 1 atom stereocenters. The molecule has 0 aromatic carbocycles. The molecule has 0 aliphatic rings. The highest BCUT2D eigenvalue weighted by Crippen LogP contribution is 2.42. The van der Waals surface area contributed by atoms with Crippen LogP contribution in [0.3, 0.4) is 0 Å². The molecule has 0 aromatic rings. The van der Waals surface area contributed by atoms with Gasteiger partial charge in [0.2, 0.25) is 0 Å². The Balaban J connectivity index is 4.35. The van der Waals surface area contributed by atoms with Crippen molar-refractivity contribution in [1.82, 2.24) is 4.90 Å². The number of aliphatic carboxylic acids is 1. The van der Waals surface area contributed by atoms with E-state index >= 15 is 0 Å². The summed E-state index contributed by atoms with van der Waals surface area (Å²) in [5.41, 5.74) is 0. The molecule has 0 fully saturated rings. The molecule has 0 amide bonds. The van der Waals surface area contributed by atoms with E-state index in [2.05, 4.69) is 4.52 Å². The average molecular weight is 250 g/mol. The van der Waals surface area contributed by atoms with Gasteiger partial charge in [-0.25, -0.2) is 0 Å². The van der Waals surface area contributed by atoms with Gasteiger partial charge in [-0.3, -0.25) is 14.3 Å². The van der Waals surface area contributed by atoms with Crippen molar-refractivity contribution >= 4 is 13.6 Å². The molecular formula is C8H15N2O5P. The highest BCUT2D eigenvalue weighted by Gasteiger charge is 2.24. The molecule has 0 radical (unpaired) electrons. The first kappa shape index (κ1) is 15.1. The fourth-order valence-corrected chi connectivity index (χ4v) is 2.33. The molecule has 8 heteroatoms. The van der Waals surface area contributed by atoms with E-state index in [1.54, 1.807) is 6.92 Å². The maximum absolute atomic E-state index is 11.4. The Morgan fingerprint density at radius 1 is 1.62 bits per heavy atom. The van der Waals surface area contributed by atoms with E-state index in [4.69, 9.17) is 10.4 Å². The molecular weight excluding hydrogens is 235 g/mol. The summed E-state index contributed by atoms with van der Waals surface area (Å²) in [6.45, 7) is 1.38. The maximum Gasteiger partial charge on any atom is 0.342 e. The number of nitriles is 1. The minimum atomic E-state index is -3.79. The van der Waals surface area contributed by atoms with Gasteiger partial charge in [0.15, 0.2) is 0 Å². The molecule has 0 rings (SSSR count). The van der Waals surface area contributed by atoms with Crippen molar-refractivity contribution in [2.45, 2.75) is 13.3 Å². The van der Waals surface area contributed by atoms with Gasteiger partial charge in [0.05, 0.1) is 19.2 Å². The summed E-state index contributed by atoms with van der Waals surface area (Å²) in [6.07, 6.45) is -0.284. The smallest absolute Gasteiger partial charge is 0.342 e. The topological polar surface area (TPSA) is 111 Å². The van der Waals surface area contributed by atoms with E-state index in [-0.39, 0.29) is 32.4 Å². The predicted molar refractivity (Wildman–Crippen MR) is 55.8 cm³/mol. The number of rotatable bonds is 8. The fraction of sp³-hybridized carbons (Fsp3) is 0.750. The lowest BCUT2D eigenvalue weighted by Crippen LogP contribution is -2.31. The van der Waals surface area contributed by atoms with Crippen LogP contribution in [0.25, 0.3) is 0 Å². The highest BCUT2D eigenvalue weighted by molar-refractivity contribution is 7.52. The van der Waals surface area contributed by atoms with E-state index in [9.17, 15) is 14.3 Å². The number of carboxylic acids is 1. The minimum absolute atomic E-state index is 0.0763. The zero-order valence-corrected chi connectivity index (χ0v) is 9.89. The van der Waals surface area contributed by atoms with Crippen LogP contribution < -0.4 is 0 Å². The molecule has 0 aliphatic heterocycles. The summed E-state index contributed by atoms with van der Waals surface area (Å²) < 4.78 is 16.0. The summed E-state index contributed by atoms with van der Waals surface area (Å²) in [5, 5.41) is 16.9. The molecule has 0 heterocycles. The number of nitrogens with zero attached hydrogens (tertiary/aromatic N) is 2. The van der Waals surface area contributed by atoms with Gasteiger partial charge >= 0.3 is 13.6 Å². The fourth-order valence-electron chi connectivity index (χ4n) is 1.09. The summed E-state index contributed by atoms with van der Waals surface area (Å²) >= 11 is 0. The van der Waals surface area contributed by atoms with Gasteiger partial charge in [0, 0.05) is 13.0 Å². The Morgan fingerprint density at radius 3 is 2.69 bits per heavy atom. The standard InChI is InChI=1S/C8H15N2O5P/c1-2-15-16(13,14)7-10(5-3-4-9)6-8(11)12/h2-3,5-7H2,1H3,(H,11,12)(H,13,14). The van der Waals surface area contributed by atoms with Crippen LogP contribution in [0, 0.1) is 11.3 Å². The van der Waals surface area contributed by atoms with Crippen molar-refractivity contribution in [2.24, 2.45) is 0 Å². The molecule has 2 N–H and O–H groups in total. The number of carbonyl (C=O) groups is 1. The first-order valence-corrected chi connectivity index (χ1v) is 6.45. The van der Waals surface area contributed by atoms with Crippen LogP contribution in [0.5, 0.6) is 0 Å². The predicted octanol–water partition coefficient (Wildman–Crippen LogP) is 0.466. The monoisotopic (exact) mass is 250 g/mol. The minimum Gasteiger partial charge on any atom is -0.480 e. The second kappa shape index (κ2) is 7.36. The van der Waals surface area contributed by atoms with E-state index in [0.29, 0.717) is 0 Å². The Hall–Kier alpha value is -0.930. The van der Waals surface area contributed by atoms with Gasteiger partial charge in [0.1, 0.15) is 6.29 Å². The third kappa shape index (κ3) is 7.37. The van der Waals surface area contributed by atoms with E-state index in [0.717, 1.165) is 0 Å². The number of carboxylic acid groups (broad SMARTS) is 1. The average Bonchev–Trinajstić information content (AvgIpc) is 2.12. The van der Waals surface area contributed by atoms with Gasteiger partial charge < -0.3 is 14.5 Å². The third-order valence-electron chi connectivity index (χ3n) is 1.61. The largest absolute Gasteiger partial charge is 0.480 e. The summed E-state index contributed by atoms with van der Waals surface area (Å²) in [7, 11) is -3.79. The van der Waals surface area contributed by atoms with Crippen molar-refractivity contribution in [2.75, 3.05) is 26.0 Å². The molecule has 7 nitrogen and oxygen atoms in total. The Bertz CT molecular complexity index is 314. The third-order valence-corrected chi connectivity index (χ3v) is 3.03. The lowest BCUT2D eigenvalue weighted by Gasteiger charge is -2.21. The zero-order valence-electron chi connectivity index (χ0n) is 9.00. The Labute approximate surface area is 93.8 Å². The van der Waals surface area contributed by atoms with Crippen LogP contribution in [0.1, 0.15) is 13.3 Å². The molecule has 0 saturated heterocycles. The van der Waals surface area contributed by atoms with Gasteiger partial charge in [0.25, 0.3) is 0 Å². The van der Waals surface area contributed by atoms with Crippen LogP contribution in [-0.2, 0) is 13.9 Å². The summed E-state index contributed by atoms with van der Waals surface area (Å²) in [5.74, 6) is -1.12. The van der Waals surface area contributed by atoms with Gasteiger partial charge in [-0.2, -0.15) is 5.26 Å². The summed E-state index contributed by atoms with van der Waals surface area (Å²) in [6, 6.07) is 1.84.